The van der Waals surface area contributed by atoms with Gasteiger partial charge in [-0.3, -0.25) is 9.59 Å². The number of rotatable bonds is 6. The third-order valence-corrected chi connectivity index (χ3v) is 4.21. The predicted octanol–water partition coefficient (Wildman–Crippen LogP) is 2.87. The smallest absolute Gasteiger partial charge is 0.338 e. The summed E-state index contributed by atoms with van der Waals surface area (Å²) in [6.07, 6.45) is 0. The molecule has 0 aliphatic heterocycles. The van der Waals surface area contributed by atoms with Crippen molar-refractivity contribution in [1.29, 1.82) is 0 Å². The fourth-order valence-corrected chi connectivity index (χ4v) is 2.33. The molecule has 0 aromatic heterocycles. The molecule has 6 nitrogen and oxygen atoms in total. The number of nitrogens with zero attached hydrogens (tertiary/aromatic N) is 1. The number of hydrogen-bond acceptors (Lipinski definition) is 4. The molecular weight excluding hydrogens is 344 g/mol. The monoisotopic (exact) mass is 368 g/mol. The SMILES string of the molecule is Cc1ccc(NC(=O)CN(C)C(=O)COC(=O)c2ccc(C)c(C)c2)cc1. The van der Waals surface area contributed by atoms with E-state index in [9.17, 15) is 14.4 Å². The molecule has 0 heterocycles. The Hall–Kier alpha value is -3.15. The number of esters is 1. The van der Waals surface area contributed by atoms with Crippen LogP contribution in [0.4, 0.5) is 5.69 Å². The van der Waals surface area contributed by atoms with E-state index in [4.69, 9.17) is 4.74 Å². The fraction of sp³-hybridized carbons (Fsp3) is 0.286. The van der Waals surface area contributed by atoms with Crippen LogP contribution in [0.1, 0.15) is 27.0 Å². The molecule has 0 spiro atoms. The average molecular weight is 368 g/mol. The van der Waals surface area contributed by atoms with Gasteiger partial charge in [0.25, 0.3) is 5.91 Å². The Morgan fingerprint density at radius 2 is 1.63 bits per heavy atom. The number of carbonyl (C=O) groups is 3. The van der Waals surface area contributed by atoms with Gasteiger partial charge in [0.15, 0.2) is 6.61 Å². The highest BCUT2D eigenvalue weighted by atomic mass is 16.5. The van der Waals surface area contributed by atoms with Gasteiger partial charge in [-0.1, -0.05) is 23.8 Å². The Labute approximate surface area is 159 Å². The molecule has 6 heteroatoms. The highest BCUT2D eigenvalue weighted by molar-refractivity contribution is 5.95. The molecule has 0 aliphatic carbocycles. The largest absolute Gasteiger partial charge is 0.452 e. The maximum atomic E-state index is 12.1. The summed E-state index contributed by atoms with van der Waals surface area (Å²) in [6, 6.07) is 12.6. The minimum atomic E-state index is -0.566. The number of benzene rings is 2. The lowest BCUT2D eigenvalue weighted by Gasteiger charge is -2.17. The Bertz CT molecular complexity index is 844. The first kappa shape index (κ1) is 20.2. The van der Waals surface area contributed by atoms with Gasteiger partial charge in [-0.2, -0.15) is 0 Å². The number of nitrogens with one attached hydrogen (secondary N) is 1. The second-order valence-corrected chi connectivity index (χ2v) is 6.54. The molecule has 142 valence electrons. The van der Waals surface area contributed by atoms with Crippen LogP contribution in [-0.2, 0) is 14.3 Å². The van der Waals surface area contributed by atoms with E-state index in [1.165, 1.54) is 11.9 Å². The van der Waals surface area contributed by atoms with E-state index in [0.29, 0.717) is 11.3 Å². The maximum Gasteiger partial charge on any atom is 0.338 e. The van der Waals surface area contributed by atoms with Gasteiger partial charge in [-0.05, 0) is 56.2 Å². The number of amides is 2. The van der Waals surface area contributed by atoms with Crippen LogP contribution in [0.2, 0.25) is 0 Å². The number of hydrogen-bond donors (Lipinski definition) is 1. The Morgan fingerprint density at radius 3 is 2.26 bits per heavy atom. The first-order valence-electron chi connectivity index (χ1n) is 8.61. The molecule has 2 amide bonds. The summed E-state index contributed by atoms with van der Waals surface area (Å²) in [6.45, 7) is 5.26. The Balaban J connectivity index is 1.82. The maximum absolute atomic E-state index is 12.1. The molecular formula is C21H24N2O4. The summed E-state index contributed by atoms with van der Waals surface area (Å²) >= 11 is 0. The second-order valence-electron chi connectivity index (χ2n) is 6.54. The summed E-state index contributed by atoms with van der Waals surface area (Å²) in [5.41, 5.74) is 4.19. The van der Waals surface area contributed by atoms with Crippen molar-refractivity contribution in [1.82, 2.24) is 4.90 Å². The van der Waals surface area contributed by atoms with Gasteiger partial charge in [-0.15, -0.1) is 0 Å². The normalized spacial score (nSPS) is 10.2. The van der Waals surface area contributed by atoms with Gasteiger partial charge in [0.2, 0.25) is 5.91 Å². The van der Waals surface area contributed by atoms with Crippen LogP contribution in [0.5, 0.6) is 0 Å². The van der Waals surface area contributed by atoms with Crippen molar-refractivity contribution < 1.29 is 19.1 Å². The van der Waals surface area contributed by atoms with E-state index in [2.05, 4.69) is 5.32 Å². The predicted molar refractivity (Wildman–Crippen MR) is 104 cm³/mol. The number of anilines is 1. The van der Waals surface area contributed by atoms with Crippen LogP contribution < -0.4 is 5.32 Å². The molecule has 0 fully saturated rings. The zero-order valence-corrected chi connectivity index (χ0v) is 16.0. The molecule has 2 aromatic rings. The zero-order valence-electron chi connectivity index (χ0n) is 16.0. The van der Waals surface area contributed by atoms with E-state index in [-0.39, 0.29) is 12.5 Å². The minimum absolute atomic E-state index is 0.131. The van der Waals surface area contributed by atoms with Crippen LogP contribution in [0, 0.1) is 20.8 Å². The molecule has 2 rings (SSSR count). The topological polar surface area (TPSA) is 75.7 Å². The van der Waals surface area contributed by atoms with E-state index < -0.39 is 18.5 Å². The van der Waals surface area contributed by atoms with E-state index in [0.717, 1.165) is 16.7 Å². The number of ether oxygens (including phenoxy) is 1. The minimum Gasteiger partial charge on any atom is -0.452 e. The Morgan fingerprint density at radius 1 is 0.963 bits per heavy atom. The molecule has 0 atom stereocenters. The summed E-state index contributed by atoms with van der Waals surface area (Å²) in [4.78, 5) is 37.4. The summed E-state index contributed by atoms with van der Waals surface area (Å²) in [7, 11) is 1.49. The molecule has 0 radical (unpaired) electrons. The first-order valence-corrected chi connectivity index (χ1v) is 8.61. The van der Waals surface area contributed by atoms with Crippen molar-refractivity contribution in [2.75, 3.05) is 25.5 Å². The van der Waals surface area contributed by atoms with Crippen molar-refractivity contribution in [3.8, 4) is 0 Å². The van der Waals surface area contributed by atoms with Crippen molar-refractivity contribution in [2.24, 2.45) is 0 Å². The number of carbonyl (C=O) groups excluding carboxylic acids is 3. The van der Waals surface area contributed by atoms with Gasteiger partial charge >= 0.3 is 5.97 Å². The third kappa shape index (κ3) is 5.95. The molecule has 0 aliphatic rings. The molecule has 0 saturated carbocycles. The summed E-state index contributed by atoms with van der Waals surface area (Å²) < 4.78 is 5.06. The van der Waals surface area contributed by atoms with Crippen LogP contribution in [-0.4, -0.2) is 42.9 Å². The Kier molecular flexibility index (Phi) is 6.71. The highest BCUT2D eigenvalue weighted by Crippen LogP contribution is 2.11. The van der Waals surface area contributed by atoms with Gasteiger partial charge in [0.05, 0.1) is 12.1 Å². The first-order chi connectivity index (χ1) is 12.8. The average Bonchev–Trinajstić information content (AvgIpc) is 2.63. The van der Waals surface area contributed by atoms with Crippen LogP contribution in [0.25, 0.3) is 0 Å². The lowest BCUT2D eigenvalue weighted by atomic mass is 10.1. The molecule has 2 aromatic carbocycles. The molecule has 27 heavy (non-hydrogen) atoms. The van der Waals surface area contributed by atoms with Crippen molar-refractivity contribution in [3.63, 3.8) is 0 Å². The molecule has 0 unspecified atom stereocenters. The van der Waals surface area contributed by atoms with Gasteiger partial charge < -0.3 is 15.0 Å². The van der Waals surface area contributed by atoms with Crippen LogP contribution in [0.3, 0.4) is 0 Å². The summed E-state index contributed by atoms with van der Waals surface area (Å²) in [5, 5.41) is 2.72. The molecule has 0 saturated heterocycles. The standard InChI is InChI=1S/C21H24N2O4/c1-14-5-9-18(10-6-14)22-19(24)12-23(4)20(25)13-27-21(26)17-8-7-15(2)16(3)11-17/h5-11H,12-13H2,1-4H3,(H,22,24). The third-order valence-electron chi connectivity index (χ3n) is 4.21. The highest BCUT2D eigenvalue weighted by Gasteiger charge is 2.16. The van der Waals surface area contributed by atoms with Crippen LogP contribution in [0.15, 0.2) is 42.5 Å². The van der Waals surface area contributed by atoms with Gasteiger partial charge in [0.1, 0.15) is 0 Å². The van der Waals surface area contributed by atoms with Crippen molar-refractivity contribution >= 4 is 23.5 Å². The van der Waals surface area contributed by atoms with E-state index >= 15 is 0 Å². The molecule has 1 N–H and O–H groups in total. The van der Waals surface area contributed by atoms with Crippen molar-refractivity contribution in [3.05, 3.63) is 64.7 Å². The van der Waals surface area contributed by atoms with E-state index in [1.54, 1.807) is 24.3 Å². The van der Waals surface area contributed by atoms with Crippen molar-refractivity contribution in [2.45, 2.75) is 20.8 Å². The van der Waals surface area contributed by atoms with Gasteiger partial charge in [-0.25, -0.2) is 4.79 Å². The quantitative estimate of drug-likeness (QED) is 0.796. The van der Waals surface area contributed by atoms with Gasteiger partial charge in [0, 0.05) is 12.7 Å². The summed E-state index contributed by atoms with van der Waals surface area (Å²) in [5.74, 6) is -1.34. The number of aryl methyl sites for hydroxylation is 3. The second kappa shape index (κ2) is 8.98. The van der Waals surface area contributed by atoms with Crippen LogP contribution >= 0.6 is 0 Å². The van der Waals surface area contributed by atoms with E-state index in [1.807, 2.05) is 39.0 Å². The number of likely N-dealkylation sites (N-methyl/N-ethyl adjacent to an activating group) is 1. The lowest BCUT2D eigenvalue weighted by Crippen LogP contribution is -2.37. The lowest BCUT2D eigenvalue weighted by molar-refractivity contribution is -0.136. The molecule has 0 bridgehead atoms. The fourth-order valence-electron chi connectivity index (χ4n) is 2.33. The zero-order chi connectivity index (χ0) is 20.0.